The van der Waals surface area contributed by atoms with Gasteiger partial charge in [-0.25, -0.2) is 0 Å². The number of hydrogen-bond acceptors (Lipinski definition) is 5. The largest absolute Gasteiger partial charge is 0.461 e. The Morgan fingerprint density at radius 2 is 2.36 bits per heavy atom. The van der Waals surface area contributed by atoms with Crippen molar-refractivity contribution in [1.29, 1.82) is 0 Å². The molecule has 1 atom stereocenters. The molecule has 0 aliphatic carbocycles. The molecule has 22 heavy (non-hydrogen) atoms. The van der Waals surface area contributed by atoms with Crippen LogP contribution in [-0.4, -0.2) is 35.2 Å². The van der Waals surface area contributed by atoms with Gasteiger partial charge < -0.3 is 18.6 Å². The van der Waals surface area contributed by atoms with Gasteiger partial charge in [-0.1, -0.05) is 5.16 Å². The molecule has 2 aromatic rings. The monoisotopic (exact) mass is 304 g/mol. The van der Waals surface area contributed by atoms with Gasteiger partial charge in [-0.05, 0) is 38.3 Å². The number of rotatable bonds is 5. The zero-order valence-electron chi connectivity index (χ0n) is 12.7. The quantitative estimate of drug-likeness (QED) is 0.849. The van der Waals surface area contributed by atoms with E-state index in [2.05, 4.69) is 12.1 Å². The van der Waals surface area contributed by atoms with E-state index < -0.39 is 0 Å². The summed E-state index contributed by atoms with van der Waals surface area (Å²) in [6.07, 6.45) is 4.92. The third-order valence-electron chi connectivity index (χ3n) is 3.92. The first kappa shape index (κ1) is 14.8. The van der Waals surface area contributed by atoms with Crippen LogP contribution in [0.5, 0.6) is 0 Å². The van der Waals surface area contributed by atoms with Crippen LogP contribution in [0.2, 0.25) is 0 Å². The average Bonchev–Trinajstić information content (AvgIpc) is 3.18. The SMILES string of the molecule is CC1CCCCN1C(=O)COCc1cc(-c2ccco2)on1. The van der Waals surface area contributed by atoms with Crippen molar-refractivity contribution in [1.82, 2.24) is 10.1 Å². The zero-order valence-corrected chi connectivity index (χ0v) is 12.7. The summed E-state index contributed by atoms with van der Waals surface area (Å²) < 4.78 is 15.9. The summed E-state index contributed by atoms with van der Waals surface area (Å²) in [6, 6.07) is 5.65. The predicted octanol–water partition coefficient (Wildman–Crippen LogP) is 2.85. The summed E-state index contributed by atoms with van der Waals surface area (Å²) in [4.78, 5) is 14.0. The van der Waals surface area contributed by atoms with Crippen LogP contribution in [0.15, 0.2) is 33.4 Å². The van der Waals surface area contributed by atoms with Crippen molar-refractivity contribution in [2.45, 2.75) is 38.8 Å². The van der Waals surface area contributed by atoms with Gasteiger partial charge >= 0.3 is 0 Å². The first-order valence-electron chi connectivity index (χ1n) is 7.61. The molecule has 3 rings (SSSR count). The Labute approximate surface area is 129 Å². The second-order valence-corrected chi connectivity index (χ2v) is 5.58. The Balaban J connectivity index is 1.48. The molecule has 0 aromatic carbocycles. The number of carbonyl (C=O) groups is 1. The van der Waals surface area contributed by atoms with Crippen LogP contribution >= 0.6 is 0 Å². The van der Waals surface area contributed by atoms with Gasteiger partial charge in [0.2, 0.25) is 11.7 Å². The second-order valence-electron chi connectivity index (χ2n) is 5.58. The molecule has 0 N–H and O–H groups in total. The Morgan fingerprint density at radius 1 is 1.45 bits per heavy atom. The summed E-state index contributed by atoms with van der Waals surface area (Å²) in [5, 5.41) is 3.91. The minimum absolute atomic E-state index is 0.0435. The number of furan rings is 1. The van der Waals surface area contributed by atoms with Crippen LogP contribution < -0.4 is 0 Å². The maximum atomic E-state index is 12.1. The first-order valence-corrected chi connectivity index (χ1v) is 7.61. The van der Waals surface area contributed by atoms with E-state index in [1.165, 1.54) is 6.42 Å². The number of piperidine rings is 1. The van der Waals surface area contributed by atoms with Crippen molar-refractivity contribution in [3.63, 3.8) is 0 Å². The molecule has 3 heterocycles. The standard InChI is InChI=1S/C16H20N2O4/c1-12-5-2-3-7-18(12)16(19)11-20-10-13-9-15(22-17-13)14-6-4-8-21-14/h4,6,8-9,12H,2-3,5,7,10-11H2,1H3. The number of aromatic nitrogens is 1. The summed E-state index contributed by atoms with van der Waals surface area (Å²) in [7, 11) is 0. The van der Waals surface area contributed by atoms with Crippen molar-refractivity contribution in [3.8, 4) is 11.5 Å². The van der Waals surface area contributed by atoms with E-state index in [9.17, 15) is 4.79 Å². The number of nitrogens with zero attached hydrogens (tertiary/aromatic N) is 2. The van der Waals surface area contributed by atoms with E-state index >= 15 is 0 Å². The van der Waals surface area contributed by atoms with Gasteiger partial charge in [0.05, 0.1) is 12.9 Å². The summed E-state index contributed by atoms with van der Waals surface area (Å²) in [5.74, 6) is 1.22. The third-order valence-corrected chi connectivity index (χ3v) is 3.92. The van der Waals surface area contributed by atoms with Gasteiger partial charge in [0.25, 0.3) is 0 Å². The molecule has 0 spiro atoms. The normalized spacial score (nSPS) is 18.6. The van der Waals surface area contributed by atoms with Crippen LogP contribution in [-0.2, 0) is 16.1 Å². The lowest BCUT2D eigenvalue weighted by molar-refractivity contribution is -0.139. The molecule has 0 saturated carbocycles. The number of amides is 1. The summed E-state index contributed by atoms with van der Waals surface area (Å²) in [5.41, 5.74) is 0.644. The van der Waals surface area contributed by atoms with Crippen LogP contribution in [0.25, 0.3) is 11.5 Å². The summed E-state index contributed by atoms with van der Waals surface area (Å²) >= 11 is 0. The number of ether oxygens (including phenoxy) is 1. The highest BCUT2D eigenvalue weighted by Crippen LogP contribution is 2.21. The highest BCUT2D eigenvalue weighted by atomic mass is 16.5. The number of likely N-dealkylation sites (tertiary alicyclic amines) is 1. The lowest BCUT2D eigenvalue weighted by Gasteiger charge is -2.33. The van der Waals surface area contributed by atoms with Crippen molar-refractivity contribution in [3.05, 3.63) is 30.2 Å². The lowest BCUT2D eigenvalue weighted by Crippen LogP contribution is -2.43. The Kier molecular flexibility index (Phi) is 4.58. The molecule has 6 heteroatoms. The molecule has 1 fully saturated rings. The van der Waals surface area contributed by atoms with E-state index in [0.717, 1.165) is 19.4 Å². The molecular formula is C16H20N2O4. The summed E-state index contributed by atoms with van der Waals surface area (Å²) in [6.45, 7) is 3.24. The molecular weight excluding hydrogens is 284 g/mol. The topological polar surface area (TPSA) is 68.7 Å². The fourth-order valence-corrected chi connectivity index (χ4v) is 2.71. The molecule has 1 unspecified atom stereocenters. The van der Waals surface area contributed by atoms with E-state index in [-0.39, 0.29) is 19.1 Å². The molecule has 1 amide bonds. The molecule has 0 radical (unpaired) electrons. The van der Waals surface area contributed by atoms with Crippen LogP contribution in [0, 0.1) is 0 Å². The minimum Gasteiger partial charge on any atom is -0.461 e. The number of hydrogen-bond donors (Lipinski definition) is 0. The van der Waals surface area contributed by atoms with Gasteiger partial charge in [0.1, 0.15) is 12.3 Å². The van der Waals surface area contributed by atoms with E-state index in [4.69, 9.17) is 13.7 Å². The molecule has 6 nitrogen and oxygen atoms in total. The third kappa shape index (κ3) is 3.39. The van der Waals surface area contributed by atoms with Crippen molar-refractivity contribution in [2.75, 3.05) is 13.2 Å². The average molecular weight is 304 g/mol. The highest BCUT2D eigenvalue weighted by Gasteiger charge is 2.23. The van der Waals surface area contributed by atoms with Gasteiger partial charge in [0.15, 0.2) is 5.76 Å². The molecule has 118 valence electrons. The van der Waals surface area contributed by atoms with Crippen LogP contribution in [0.1, 0.15) is 31.9 Å². The van der Waals surface area contributed by atoms with Crippen molar-refractivity contribution in [2.24, 2.45) is 0 Å². The van der Waals surface area contributed by atoms with Gasteiger partial charge in [0, 0.05) is 18.7 Å². The fraction of sp³-hybridized carbons (Fsp3) is 0.500. The van der Waals surface area contributed by atoms with Gasteiger partial charge in [-0.3, -0.25) is 4.79 Å². The second kappa shape index (κ2) is 6.79. The Bertz CT molecular complexity index is 605. The van der Waals surface area contributed by atoms with Crippen LogP contribution in [0.4, 0.5) is 0 Å². The van der Waals surface area contributed by atoms with E-state index in [1.807, 2.05) is 4.90 Å². The smallest absolute Gasteiger partial charge is 0.248 e. The zero-order chi connectivity index (χ0) is 15.4. The molecule has 1 aliphatic heterocycles. The van der Waals surface area contributed by atoms with Gasteiger partial charge in [-0.15, -0.1) is 0 Å². The predicted molar refractivity (Wildman–Crippen MR) is 78.9 cm³/mol. The van der Waals surface area contributed by atoms with E-state index in [0.29, 0.717) is 23.3 Å². The van der Waals surface area contributed by atoms with Gasteiger partial charge in [-0.2, -0.15) is 0 Å². The van der Waals surface area contributed by atoms with Crippen molar-refractivity contribution < 1.29 is 18.5 Å². The number of carbonyl (C=O) groups excluding carboxylic acids is 1. The Hall–Kier alpha value is -2.08. The van der Waals surface area contributed by atoms with Crippen molar-refractivity contribution >= 4 is 5.91 Å². The molecule has 1 saturated heterocycles. The fourth-order valence-electron chi connectivity index (χ4n) is 2.71. The molecule has 0 bridgehead atoms. The van der Waals surface area contributed by atoms with E-state index in [1.54, 1.807) is 24.5 Å². The highest BCUT2D eigenvalue weighted by molar-refractivity contribution is 5.77. The lowest BCUT2D eigenvalue weighted by atomic mass is 10.0. The van der Waals surface area contributed by atoms with Crippen LogP contribution in [0.3, 0.4) is 0 Å². The Morgan fingerprint density at radius 3 is 3.14 bits per heavy atom. The molecule has 1 aliphatic rings. The minimum atomic E-state index is 0.0435. The maximum absolute atomic E-state index is 12.1. The maximum Gasteiger partial charge on any atom is 0.248 e. The first-order chi connectivity index (χ1) is 10.7. The molecule has 2 aromatic heterocycles.